The number of amides is 1. The number of carbonyl (C=O) groups excluding carboxylic acids is 2. The van der Waals surface area contributed by atoms with Crippen molar-refractivity contribution in [2.24, 2.45) is 0 Å². The first kappa shape index (κ1) is 48.4. The molecule has 294 valence electrons. The van der Waals surface area contributed by atoms with E-state index < -0.39 is 57.6 Å². The summed E-state index contributed by atoms with van der Waals surface area (Å²) in [6.45, 7) is 2.38. The van der Waals surface area contributed by atoms with Crippen LogP contribution in [0.1, 0.15) is 149 Å². The lowest BCUT2D eigenvalue weighted by Crippen LogP contribution is -2.43. The highest BCUT2D eigenvalue weighted by Crippen LogP contribution is 2.43. The molecular formula is C39H68NO10P. The first-order valence-corrected chi connectivity index (χ1v) is 20.7. The monoisotopic (exact) mass is 741 g/mol. The molecule has 3 atom stereocenters. The second kappa shape index (κ2) is 34.5. The SMILES string of the molecule is CCCCC/C=C\C/C=C\C/C=C\C/C=C\CCCCCCCCCC(=O)NC(COP(=O)(O)OCC(O)COC(=O)CCCCCC)C(=O)O. The van der Waals surface area contributed by atoms with Crippen molar-refractivity contribution in [2.75, 3.05) is 19.8 Å². The summed E-state index contributed by atoms with van der Waals surface area (Å²) in [7, 11) is -4.74. The van der Waals surface area contributed by atoms with E-state index in [1.165, 1.54) is 25.7 Å². The van der Waals surface area contributed by atoms with Gasteiger partial charge in [0, 0.05) is 12.8 Å². The Balaban J connectivity index is 3.92. The van der Waals surface area contributed by atoms with Gasteiger partial charge in [0.15, 0.2) is 6.04 Å². The van der Waals surface area contributed by atoms with E-state index in [-0.39, 0.29) is 12.8 Å². The van der Waals surface area contributed by atoms with Crippen LogP contribution in [0.5, 0.6) is 0 Å². The first-order chi connectivity index (χ1) is 24.6. The maximum atomic E-state index is 12.3. The molecule has 3 unspecified atom stereocenters. The molecule has 0 saturated heterocycles. The lowest BCUT2D eigenvalue weighted by atomic mass is 10.1. The van der Waals surface area contributed by atoms with Crippen molar-refractivity contribution in [1.29, 1.82) is 0 Å². The Kier molecular flexibility index (Phi) is 32.8. The van der Waals surface area contributed by atoms with Crippen LogP contribution in [0.15, 0.2) is 48.6 Å². The van der Waals surface area contributed by atoms with Crippen LogP contribution in [0.3, 0.4) is 0 Å². The molecule has 0 heterocycles. The van der Waals surface area contributed by atoms with Crippen molar-refractivity contribution < 1.29 is 47.8 Å². The molecular weight excluding hydrogens is 673 g/mol. The van der Waals surface area contributed by atoms with Gasteiger partial charge in [-0.05, 0) is 57.8 Å². The van der Waals surface area contributed by atoms with Gasteiger partial charge in [0.25, 0.3) is 0 Å². The number of hydrogen-bond acceptors (Lipinski definition) is 8. The summed E-state index contributed by atoms with van der Waals surface area (Å²) < 4.78 is 26.5. The van der Waals surface area contributed by atoms with E-state index in [1.807, 2.05) is 0 Å². The molecule has 51 heavy (non-hydrogen) atoms. The van der Waals surface area contributed by atoms with Crippen molar-refractivity contribution in [2.45, 2.75) is 161 Å². The number of aliphatic hydroxyl groups excluding tert-OH is 1. The molecule has 0 aliphatic carbocycles. The van der Waals surface area contributed by atoms with Crippen LogP contribution in [0.2, 0.25) is 0 Å². The predicted molar refractivity (Wildman–Crippen MR) is 203 cm³/mol. The number of esters is 1. The van der Waals surface area contributed by atoms with Crippen LogP contribution >= 0.6 is 7.82 Å². The number of hydrogen-bond donors (Lipinski definition) is 4. The van der Waals surface area contributed by atoms with Gasteiger partial charge in [-0.1, -0.05) is 127 Å². The number of carboxylic acids is 1. The number of ether oxygens (including phenoxy) is 1. The number of aliphatic hydroxyl groups is 1. The van der Waals surface area contributed by atoms with Crippen molar-refractivity contribution in [3.05, 3.63) is 48.6 Å². The molecule has 0 aliphatic rings. The van der Waals surface area contributed by atoms with Crippen LogP contribution < -0.4 is 5.32 Å². The van der Waals surface area contributed by atoms with Gasteiger partial charge < -0.3 is 25.2 Å². The third-order valence-corrected chi connectivity index (χ3v) is 8.82. The summed E-state index contributed by atoms with van der Waals surface area (Å²) in [5, 5.41) is 21.6. The van der Waals surface area contributed by atoms with E-state index in [9.17, 15) is 34.1 Å². The summed E-state index contributed by atoms with van der Waals surface area (Å²) >= 11 is 0. The number of rotatable bonds is 35. The third-order valence-electron chi connectivity index (χ3n) is 7.87. The Bertz CT molecular complexity index is 1060. The largest absolute Gasteiger partial charge is 0.480 e. The number of aliphatic carboxylic acids is 1. The van der Waals surface area contributed by atoms with Gasteiger partial charge in [0.1, 0.15) is 12.7 Å². The van der Waals surface area contributed by atoms with E-state index in [0.29, 0.717) is 12.8 Å². The molecule has 11 nitrogen and oxygen atoms in total. The molecule has 0 aromatic carbocycles. The fourth-order valence-corrected chi connectivity index (χ4v) is 5.60. The lowest BCUT2D eigenvalue weighted by molar-refractivity contribution is -0.147. The van der Waals surface area contributed by atoms with Gasteiger partial charge in [0.2, 0.25) is 5.91 Å². The number of carboxylic acid groups (broad SMARTS) is 1. The molecule has 0 aromatic rings. The number of phosphoric acid groups is 1. The first-order valence-electron chi connectivity index (χ1n) is 19.2. The Morgan fingerprint density at radius 2 is 1.08 bits per heavy atom. The van der Waals surface area contributed by atoms with Gasteiger partial charge in [-0.25, -0.2) is 9.36 Å². The van der Waals surface area contributed by atoms with Gasteiger partial charge >= 0.3 is 19.8 Å². The van der Waals surface area contributed by atoms with Crippen molar-refractivity contribution in [3.63, 3.8) is 0 Å². The Morgan fingerprint density at radius 1 is 0.627 bits per heavy atom. The second-order valence-electron chi connectivity index (χ2n) is 12.8. The number of phosphoric ester groups is 1. The standard InChI is InChI=1S/C39H68NO10P/c1-3-5-7-9-10-11-12-13-14-15-16-17-18-19-20-21-22-23-24-25-26-27-28-30-37(42)40-36(39(44)45)34-50-51(46,47)49-33-35(41)32-48-38(43)31-29-8-6-4-2/h10-11,13-14,16-17,19-20,35-36,41H,3-9,12,15,18,21-34H2,1-2H3,(H,40,42)(H,44,45)(H,46,47)/b11-10-,14-13-,17-16-,20-19-. The highest BCUT2D eigenvalue weighted by Gasteiger charge is 2.28. The zero-order valence-electron chi connectivity index (χ0n) is 31.4. The van der Waals surface area contributed by atoms with E-state index in [2.05, 4.69) is 72.3 Å². The van der Waals surface area contributed by atoms with Crippen molar-refractivity contribution in [3.8, 4) is 0 Å². The molecule has 4 N–H and O–H groups in total. The number of carbonyl (C=O) groups is 3. The highest BCUT2D eigenvalue weighted by molar-refractivity contribution is 7.47. The minimum Gasteiger partial charge on any atom is -0.480 e. The molecule has 0 spiro atoms. The maximum Gasteiger partial charge on any atom is 0.472 e. The van der Waals surface area contributed by atoms with Crippen LogP contribution in [-0.4, -0.2) is 64.9 Å². The van der Waals surface area contributed by atoms with E-state index in [0.717, 1.165) is 83.5 Å². The normalized spacial score (nSPS) is 14.4. The van der Waals surface area contributed by atoms with Crippen molar-refractivity contribution >= 4 is 25.7 Å². The van der Waals surface area contributed by atoms with Crippen LogP contribution in [-0.2, 0) is 32.7 Å². The number of allylic oxidation sites excluding steroid dienone is 8. The molecule has 0 aliphatic heterocycles. The molecule has 0 saturated carbocycles. The summed E-state index contributed by atoms with van der Waals surface area (Å²) in [6.07, 6.45) is 36.4. The van der Waals surface area contributed by atoms with Crippen LogP contribution in [0, 0.1) is 0 Å². The van der Waals surface area contributed by atoms with Crippen LogP contribution in [0.4, 0.5) is 0 Å². The number of nitrogens with one attached hydrogen (secondary N) is 1. The maximum absolute atomic E-state index is 12.3. The molecule has 0 radical (unpaired) electrons. The smallest absolute Gasteiger partial charge is 0.472 e. The minimum absolute atomic E-state index is 0.132. The molecule has 1 amide bonds. The fraction of sp³-hybridized carbons (Fsp3) is 0.718. The summed E-state index contributed by atoms with van der Waals surface area (Å²) in [5.41, 5.74) is 0. The minimum atomic E-state index is -4.74. The number of unbranched alkanes of at least 4 members (excludes halogenated alkanes) is 13. The fourth-order valence-electron chi connectivity index (χ4n) is 4.83. The quantitative estimate of drug-likeness (QED) is 0.0213. The molecule has 0 aromatic heterocycles. The van der Waals surface area contributed by atoms with Gasteiger partial charge in [-0.2, -0.15) is 0 Å². The molecule has 0 rings (SSSR count). The average molecular weight is 742 g/mol. The molecule has 0 fully saturated rings. The lowest BCUT2D eigenvalue weighted by Gasteiger charge is -2.18. The molecule has 12 heteroatoms. The predicted octanol–water partition coefficient (Wildman–Crippen LogP) is 9.05. The second-order valence-corrected chi connectivity index (χ2v) is 14.2. The van der Waals surface area contributed by atoms with Crippen molar-refractivity contribution in [1.82, 2.24) is 5.32 Å². The van der Waals surface area contributed by atoms with Gasteiger partial charge in [0.05, 0.1) is 13.2 Å². The van der Waals surface area contributed by atoms with Crippen LogP contribution in [0.25, 0.3) is 0 Å². The van der Waals surface area contributed by atoms with E-state index in [1.54, 1.807) is 0 Å². The zero-order valence-corrected chi connectivity index (χ0v) is 32.3. The Labute approximate surface area is 307 Å². The highest BCUT2D eigenvalue weighted by atomic mass is 31.2. The van der Waals surface area contributed by atoms with E-state index >= 15 is 0 Å². The molecule has 0 bridgehead atoms. The average Bonchev–Trinajstić information content (AvgIpc) is 3.10. The third kappa shape index (κ3) is 34.3. The summed E-state index contributed by atoms with van der Waals surface area (Å²) in [4.78, 5) is 45.3. The van der Waals surface area contributed by atoms with Gasteiger partial charge in [-0.15, -0.1) is 0 Å². The summed E-state index contributed by atoms with van der Waals surface area (Å²) in [5.74, 6) is -2.41. The Hall–Kier alpha value is -2.56. The summed E-state index contributed by atoms with van der Waals surface area (Å²) in [6, 6.07) is -1.55. The Morgan fingerprint density at radius 3 is 1.65 bits per heavy atom. The van der Waals surface area contributed by atoms with E-state index in [4.69, 9.17) is 9.26 Å². The zero-order chi connectivity index (χ0) is 37.8. The topological polar surface area (TPSA) is 169 Å². The van der Waals surface area contributed by atoms with Gasteiger partial charge in [-0.3, -0.25) is 18.6 Å².